The first-order chi connectivity index (χ1) is 10.3. The van der Waals surface area contributed by atoms with Gasteiger partial charge in [0, 0.05) is 0 Å². The van der Waals surface area contributed by atoms with Gasteiger partial charge in [0.2, 0.25) is 0 Å². The molecule has 0 aromatic carbocycles. The molecule has 1 rings (SSSR count). The Bertz CT molecular complexity index is 351. The van der Waals surface area contributed by atoms with Crippen LogP contribution in [-0.2, 0) is 19.1 Å². The highest BCUT2D eigenvalue weighted by Gasteiger charge is 2.30. The van der Waals surface area contributed by atoms with Crippen LogP contribution in [0.5, 0.6) is 0 Å². The Hall–Kier alpha value is -1.06. The molecule has 1 aliphatic rings. The van der Waals surface area contributed by atoms with Crippen molar-refractivity contribution in [3.05, 3.63) is 0 Å². The van der Waals surface area contributed by atoms with Crippen LogP contribution in [0.1, 0.15) is 79.1 Å². The maximum absolute atomic E-state index is 12.3. The second-order valence-electron chi connectivity index (χ2n) is 7.39. The van der Waals surface area contributed by atoms with Crippen molar-refractivity contribution in [2.75, 3.05) is 6.61 Å². The number of carbonyl (C=O) groups is 2. The van der Waals surface area contributed by atoms with Crippen molar-refractivity contribution in [1.29, 1.82) is 0 Å². The van der Waals surface area contributed by atoms with Crippen LogP contribution >= 0.6 is 0 Å². The molecule has 128 valence electrons. The van der Waals surface area contributed by atoms with E-state index in [1.165, 1.54) is 12.8 Å². The minimum Gasteiger partial charge on any atom is -0.465 e. The maximum Gasteiger partial charge on any atom is 0.309 e. The van der Waals surface area contributed by atoms with Crippen molar-refractivity contribution in [3.63, 3.8) is 0 Å². The molecule has 1 aliphatic carbocycles. The lowest BCUT2D eigenvalue weighted by Gasteiger charge is -2.23. The molecule has 1 fully saturated rings. The van der Waals surface area contributed by atoms with Gasteiger partial charge in [0.1, 0.15) is 5.60 Å². The molecule has 4 nitrogen and oxygen atoms in total. The van der Waals surface area contributed by atoms with Gasteiger partial charge in [-0.25, -0.2) is 0 Å². The molecule has 0 spiro atoms. The van der Waals surface area contributed by atoms with Crippen LogP contribution in [-0.4, -0.2) is 24.1 Å². The van der Waals surface area contributed by atoms with Gasteiger partial charge in [-0.3, -0.25) is 9.59 Å². The third kappa shape index (κ3) is 7.81. The minimum absolute atomic E-state index is 0.138. The molecule has 0 radical (unpaired) electrons. The molecule has 4 heteroatoms. The molecule has 0 heterocycles. The van der Waals surface area contributed by atoms with Gasteiger partial charge in [-0.05, 0) is 39.5 Å². The van der Waals surface area contributed by atoms with Gasteiger partial charge in [-0.15, -0.1) is 0 Å². The topological polar surface area (TPSA) is 52.6 Å². The van der Waals surface area contributed by atoms with E-state index in [1.807, 2.05) is 20.8 Å². The van der Waals surface area contributed by atoms with E-state index in [1.54, 1.807) is 0 Å². The molecule has 0 unspecified atom stereocenters. The smallest absolute Gasteiger partial charge is 0.309 e. The zero-order valence-electron chi connectivity index (χ0n) is 14.7. The molecule has 0 aliphatic heterocycles. The molecule has 0 aromatic heterocycles. The summed E-state index contributed by atoms with van der Waals surface area (Å²) in [4.78, 5) is 24.3. The number of ether oxygens (including phenoxy) is 2. The van der Waals surface area contributed by atoms with Crippen molar-refractivity contribution in [2.45, 2.75) is 84.7 Å². The first-order valence-corrected chi connectivity index (χ1v) is 8.70. The second-order valence-corrected chi connectivity index (χ2v) is 7.39. The fourth-order valence-corrected chi connectivity index (χ4v) is 2.93. The molecular formula is C18H32O4. The van der Waals surface area contributed by atoms with E-state index in [4.69, 9.17) is 9.47 Å². The quantitative estimate of drug-likeness (QED) is 0.496. The molecule has 1 saturated carbocycles. The lowest BCUT2D eigenvalue weighted by atomic mass is 9.91. The predicted molar refractivity (Wildman–Crippen MR) is 86.4 cm³/mol. The van der Waals surface area contributed by atoms with Gasteiger partial charge < -0.3 is 9.47 Å². The van der Waals surface area contributed by atoms with Crippen LogP contribution in [0, 0.1) is 11.8 Å². The number of esters is 2. The van der Waals surface area contributed by atoms with Gasteiger partial charge in [0.25, 0.3) is 0 Å². The zero-order chi connectivity index (χ0) is 16.6. The summed E-state index contributed by atoms with van der Waals surface area (Å²) in [5.41, 5.74) is -0.513. The van der Waals surface area contributed by atoms with Crippen LogP contribution in [0.4, 0.5) is 0 Å². The van der Waals surface area contributed by atoms with E-state index in [0.29, 0.717) is 12.5 Å². The van der Waals surface area contributed by atoms with Crippen LogP contribution in [0.3, 0.4) is 0 Å². The largest absolute Gasteiger partial charge is 0.465 e. The Kier molecular flexibility index (Phi) is 7.91. The average Bonchev–Trinajstić information content (AvgIpc) is 2.88. The highest BCUT2D eigenvalue weighted by Crippen LogP contribution is 2.32. The maximum atomic E-state index is 12.3. The summed E-state index contributed by atoms with van der Waals surface area (Å²) >= 11 is 0. The SMILES string of the molecule is CCCCOC(=O)[C@@H](CC(=O)OC(C)(C)C)CC1CCCC1. The normalized spacial score (nSPS) is 17.3. The van der Waals surface area contributed by atoms with E-state index in [9.17, 15) is 9.59 Å². The van der Waals surface area contributed by atoms with Gasteiger partial charge in [0.05, 0.1) is 18.9 Å². The molecule has 22 heavy (non-hydrogen) atoms. The molecule has 0 amide bonds. The Morgan fingerprint density at radius 1 is 1.18 bits per heavy atom. The van der Waals surface area contributed by atoms with E-state index < -0.39 is 5.60 Å². The summed E-state index contributed by atoms with van der Waals surface area (Å²) in [6.45, 7) is 8.04. The average molecular weight is 312 g/mol. The summed E-state index contributed by atoms with van der Waals surface area (Å²) < 4.78 is 10.7. The lowest BCUT2D eigenvalue weighted by Crippen LogP contribution is -2.29. The van der Waals surface area contributed by atoms with Crippen LogP contribution in [0.2, 0.25) is 0 Å². The third-order valence-electron chi connectivity index (χ3n) is 4.00. The minimum atomic E-state index is -0.513. The Morgan fingerprint density at radius 2 is 1.82 bits per heavy atom. The van der Waals surface area contributed by atoms with Gasteiger partial charge in [0.15, 0.2) is 0 Å². The summed E-state index contributed by atoms with van der Waals surface area (Å²) in [7, 11) is 0. The number of hydrogen-bond donors (Lipinski definition) is 0. The molecule has 1 atom stereocenters. The van der Waals surface area contributed by atoms with Crippen molar-refractivity contribution in [1.82, 2.24) is 0 Å². The number of rotatable bonds is 8. The van der Waals surface area contributed by atoms with Gasteiger partial charge in [-0.1, -0.05) is 39.0 Å². The molecular weight excluding hydrogens is 280 g/mol. The number of unbranched alkanes of at least 4 members (excludes halogenated alkanes) is 1. The summed E-state index contributed by atoms with van der Waals surface area (Å²) in [5, 5.41) is 0. The fraction of sp³-hybridized carbons (Fsp3) is 0.889. The fourth-order valence-electron chi connectivity index (χ4n) is 2.93. The summed E-state index contributed by atoms with van der Waals surface area (Å²) in [6, 6.07) is 0. The zero-order valence-corrected chi connectivity index (χ0v) is 14.7. The first kappa shape index (κ1) is 19.0. The van der Waals surface area contributed by atoms with Crippen molar-refractivity contribution >= 4 is 11.9 Å². The molecule has 0 saturated heterocycles. The monoisotopic (exact) mass is 312 g/mol. The third-order valence-corrected chi connectivity index (χ3v) is 4.00. The Morgan fingerprint density at radius 3 is 2.36 bits per heavy atom. The van der Waals surface area contributed by atoms with Crippen LogP contribution in [0.15, 0.2) is 0 Å². The number of carbonyl (C=O) groups excluding carboxylic acids is 2. The Balaban J connectivity index is 2.55. The van der Waals surface area contributed by atoms with Gasteiger partial charge >= 0.3 is 11.9 Å². The standard InChI is InChI=1S/C18H32O4/c1-5-6-11-21-17(20)15(12-14-9-7-8-10-14)13-16(19)22-18(2,3)4/h14-15H,5-13H2,1-4H3/t15-/m1/s1. The number of hydrogen-bond acceptors (Lipinski definition) is 4. The van der Waals surface area contributed by atoms with Crippen molar-refractivity contribution in [3.8, 4) is 0 Å². The molecule has 0 N–H and O–H groups in total. The first-order valence-electron chi connectivity index (χ1n) is 8.70. The highest BCUT2D eigenvalue weighted by molar-refractivity contribution is 5.80. The highest BCUT2D eigenvalue weighted by atomic mass is 16.6. The van der Waals surface area contributed by atoms with Crippen molar-refractivity contribution < 1.29 is 19.1 Å². The van der Waals surface area contributed by atoms with Gasteiger partial charge in [-0.2, -0.15) is 0 Å². The van der Waals surface area contributed by atoms with Crippen LogP contribution in [0.25, 0.3) is 0 Å². The summed E-state index contributed by atoms with van der Waals surface area (Å²) in [5.74, 6) is -0.338. The summed E-state index contributed by atoms with van der Waals surface area (Å²) in [6.07, 6.45) is 7.54. The van der Waals surface area contributed by atoms with Crippen molar-refractivity contribution in [2.24, 2.45) is 11.8 Å². The molecule has 0 bridgehead atoms. The van der Waals surface area contributed by atoms with E-state index in [0.717, 1.165) is 32.1 Å². The second kappa shape index (κ2) is 9.16. The predicted octanol–water partition coefficient (Wildman–Crippen LogP) is 4.26. The molecule has 0 aromatic rings. The van der Waals surface area contributed by atoms with E-state index in [2.05, 4.69) is 6.92 Å². The van der Waals surface area contributed by atoms with E-state index >= 15 is 0 Å². The van der Waals surface area contributed by atoms with Crippen LogP contribution < -0.4 is 0 Å². The Labute approximate surface area is 134 Å². The van der Waals surface area contributed by atoms with E-state index in [-0.39, 0.29) is 24.3 Å². The lowest BCUT2D eigenvalue weighted by molar-refractivity contribution is -0.162.